The van der Waals surface area contributed by atoms with Gasteiger partial charge in [0.1, 0.15) is 17.3 Å². The summed E-state index contributed by atoms with van der Waals surface area (Å²) >= 11 is 0. The molecule has 0 radical (unpaired) electrons. The lowest BCUT2D eigenvalue weighted by Gasteiger charge is -2.11. The van der Waals surface area contributed by atoms with Crippen LogP contribution in [0.25, 0.3) is 0 Å². The summed E-state index contributed by atoms with van der Waals surface area (Å²) in [5.74, 6) is -0.454. The van der Waals surface area contributed by atoms with Crippen LogP contribution >= 0.6 is 0 Å². The van der Waals surface area contributed by atoms with Gasteiger partial charge in [-0.05, 0) is 25.0 Å². The van der Waals surface area contributed by atoms with E-state index in [9.17, 15) is 14.0 Å². The summed E-state index contributed by atoms with van der Waals surface area (Å²) in [6.07, 6.45) is 2.37. The molecular formula is C14H15FN2O3. The second kappa shape index (κ2) is 6.79. The number of benzene rings is 1. The minimum atomic E-state index is -0.445. The third kappa shape index (κ3) is 4.46. The fourth-order valence-electron chi connectivity index (χ4n) is 1.87. The number of carbonyl (C=O) groups excluding carboxylic acids is 2. The standard InChI is InChI=1S/C14H15FN2O3/c15-10-3-1-6-13(7-10)20-9-14(19)17-16-11-4-2-5-12(18)8-11/h1,3,6-7H,2,4-5,8-9H2,(H,17,19)/b16-11+. The first-order valence-electron chi connectivity index (χ1n) is 6.38. The van der Waals surface area contributed by atoms with Crippen molar-refractivity contribution in [3.8, 4) is 5.75 Å². The van der Waals surface area contributed by atoms with E-state index < -0.39 is 11.7 Å². The summed E-state index contributed by atoms with van der Waals surface area (Å²) in [6.45, 7) is -0.256. The quantitative estimate of drug-likeness (QED) is 0.854. The number of hydrogen-bond donors (Lipinski definition) is 1. The number of hydrogen-bond acceptors (Lipinski definition) is 4. The zero-order valence-electron chi connectivity index (χ0n) is 10.9. The lowest BCUT2D eigenvalue weighted by Crippen LogP contribution is -2.27. The number of ether oxygens (including phenoxy) is 1. The van der Waals surface area contributed by atoms with E-state index in [-0.39, 0.29) is 18.1 Å². The molecule has 1 aromatic carbocycles. The molecule has 0 bridgehead atoms. The fourth-order valence-corrected chi connectivity index (χ4v) is 1.87. The van der Waals surface area contributed by atoms with E-state index in [0.29, 0.717) is 18.6 Å². The Morgan fingerprint density at radius 2 is 2.25 bits per heavy atom. The third-order valence-corrected chi connectivity index (χ3v) is 2.83. The average Bonchev–Trinajstić information content (AvgIpc) is 2.43. The molecule has 0 aromatic heterocycles. The van der Waals surface area contributed by atoms with E-state index in [1.54, 1.807) is 6.07 Å². The summed E-state index contributed by atoms with van der Waals surface area (Å²) in [4.78, 5) is 22.7. The summed E-state index contributed by atoms with van der Waals surface area (Å²) in [5, 5.41) is 3.91. The molecule has 1 aromatic rings. The molecule has 0 aliphatic heterocycles. The van der Waals surface area contributed by atoms with Gasteiger partial charge in [0.2, 0.25) is 0 Å². The van der Waals surface area contributed by atoms with Gasteiger partial charge in [0.05, 0.1) is 0 Å². The van der Waals surface area contributed by atoms with Gasteiger partial charge in [-0.15, -0.1) is 0 Å². The van der Waals surface area contributed by atoms with Crippen molar-refractivity contribution < 1.29 is 18.7 Å². The van der Waals surface area contributed by atoms with Crippen molar-refractivity contribution in [3.63, 3.8) is 0 Å². The number of halogens is 1. The molecule has 1 aliphatic carbocycles. The number of carbonyl (C=O) groups is 2. The minimum absolute atomic E-state index is 0.139. The first-order valence-corrected chi connectivity index (χ1v) is 6.38. The number of amides is 1. The molecule has 1 amide bonds. The summed E-state index contributed by atoms with van der Waals surface area (Å²) in [7, 11) is 0. The van der Waals surface area contributed by atoms with Gasteiger partial charge >= 0.3 is 0 Å². The molecule has 0 unspecified atom stereocenters. The molecule has 0 heterocycles. The Hall–Kier alpha value is -2.24. The maximum Gasteiger partial charge on any atom is 0.277 e. The van der Waals surface area contributed by atoms with Gasteiger partial charge < -0.3 is 4.74 Å². The predicted molar refractivity (Wildman–Crippen MR) is 70.9 cm³/mol. The second-order valence-corrected chi connectivity index (χ2v) is 4.53. The van der Waals surface area contributed by atoms with E-state index in [0.717, 1.165) is 12.8 Å². The molecule has 1 saturated carbocycles. The first kappa shape index (κ1) is 14.2. The molecule has 0 saturated heterocycles. The highest BCUT2D eigenvalue weighted by molar-refractivity contribution is 6.04. The van der Waals surface area contributed by atoms with E-state index >= 15 is 0 Å². The van der Waals surface area contributed by atoms with Crippen LogP contribution in [0.5, 0.6) is 5.75 Å². The number of nitrogens with zero attached hydrogens (tertiary/aromatic N) is 1. The molecule has 2 rings (SSSR count). The lowest BCUT2D eigenvalue weighted by molar-refractivity contribution is -0.123. The highest BCUT2D eigenvalue weighted by Gasteiger charge is 2.14. The fraction of sp³-hybridized carbons (Fsp3) is 0.357. The van der Waals surface area contributed by atoms with E-state index in [4.69, 9.17) is 4.74 Å². The van der Waals surface area contributed by atoms with Crippen molar-refractivity contribution in [3.05, 3.63) is 30.1 Å². The smallest absolute Gasteiger partial charge is 0.277 e. The number of hydrazone groups is 1. The Morgan fingerprint density at radius 1 is 1.40 bits per heavy atom. The summed E-state index contributed by atoms with van der Waals surface area (Å²) in [6, 6.07) is 5.54. The Labute approximate surface area is 115 Å². The van der Waals surface area contributed by atoms with Gasteiger partial charge in [0.25, 0.3) is 5.91 Å². The van der Waals surface area contributed by atoms with E-state index in [2.05, 4.69) is 10.5 Å². The summed E-state index contributed by atoms with van der Waals surface area (Å²) in [5.41, 5.74) is 3.02. The number of nitrogens with one attached hydrogen (secondary N) is 1. The minimum Gasteiger partial charge on any atom is -0.484 e. The molecule has 106 valence electrons. The van der Waals surface area contributed by atoms with Crippen LogP contribution in [0.4, 0.5) is 4.39 Å². The SMILES string of the molecule is O=C1CCC/C(=N\NC(=O)COc2cccc(F)c2)C1. The largest absolute Gasteiger partial charge is 0.484 e. The van der Waals surface area contributed by atoms with Crippen molar-refractivity contribution in [2.24, 2.45) is 5.10 Å². The van der Waals surface area contributed by atoms with Crippen LogP contribution in [0.15, 0.2) is 29.4 Å². The molecule has 1 aliphatic rings. The average molecular weight is 278 g/mol. The first-order chi connectivity index (χ1) is 9.63. The number of ketones is 1. The van der Waals surface area contributed by atoms with Crippen molar-refractivity contribution in [1.82, 2.24) is 5.43 Å². The third-order valence-electron chi connectivity index (χ3n) is 2.83. The molecule has 1 N–H and O–H groups in total. The molecule has 5 nitrogen and oxygen atoms in total. The van der Waals surface area contributed by atoms with Crippen molar-refractivity contribution >= 4 is 17.4 Å². The van der Waals surface area contributed by atoms with Crippen LogP contribution in [-0.4, -0.2) is 24.0 Å². The van der Waals surface area contributed by atoms with Crippen LogP contribution < -0.4 is 10.2 Å². The Balaban J connectivity index is 1.78. The Morgan fingerprint density at radius 3 is 3.00 bits per heavy atom. The van der Waals surface area contributed by atoms with E-state index in [1.807, 2.05) is 0 Å². The maximum absolute atomic E-state index is 12.9. The lowest BCUT2D eigenvalue weighted by atomic mass is 9.97. The van der Waals surface area contributed by atoms with Crippen LogP contribution in [0.3, 0.4) is 0 Å². The highest BCUT2D eigenvalue weighted by Crippen LogP contribution is 2.12. The maximum atomic E-state index is 12.9. The van der Waals surface area contributed by atoms with Gasteiger partial charge in [0, 0.05) is 24.6 Å². The van der Waals surface area contributed by atoms with Crippen molar-refractivity contribution in [2.45, 2.75) is 25.7 Å². The molecular weight excluding hydrogens is 263 g/mol. The van der Waals surface area contributed by atoms with E-state index in [1.165, 1.54) is 18.2 Å². The monoisotopic (exact) mass is 278 g/mol. The molecule has 0 atom stereocenters. The molecule has 6 heteroatoms. The number of Topliss-reactive ketones (excluding diaryl/α,β-unsaturated/α-hetero) is 1. The van der Waals surface area contributed by atoms with Gasteiger partial charge in [-0.25, -0.2) is 9.82 Å². The van der Waals surface area contributed by atoms with Crippen LogP contribution in [0.1, 0.15) is 25.7 Å². The van der Waals surface area contributed by atoms with Crippen molar-refractivity contribution in [1.29, 1.82) is 0 Å². The molecule has 0 spiro atoms. The zero-order chi connectivity index (χ0) is 14.4. The molecule has 1 fully saturated rings. The van der Waals surface area contributed by atoms with Gasteiger partial charge in [-0.3, -0.25) is 9.59 Å². The van der Waals surface area contributed by atoms with Gasteiger partial charge in [-0.2, -0.15) is 5.10 Å². The van der Waals surface area contributed by atoms with Gasteiger partial charge in [0.15, 0.2) is 6.61 Å². The van der Waals surface area contributed by atoms with Crippen LogP contribution in [0.2, 0.25) is 0 Å². The number of rotatable bonds is 4. The topological polar surface area (TPSA) is 67.8 Å². The van der Waals surface area contributed by atoms with Gasteiger partial charge in [-0.1, -0.05) is 6.07 Å². The second-order valence-electron chi connectivity index (χ2n) is 4.53. The summed E-state index contributed by atoms with van der Waals surface area (Å²) < 4.78 is 18.0. The molecule has 20 heavy (non-hydrogen) atoms. The Bertz CT molecular complexity index is 543. The highest BCUT2D eigenvalue weighted by atomic mass is 19.1. The Kier molecular flexibility index (Phi) is 4.81. The van der Waals surface area contributed by atoms with Crippen LogP contribution in [-0.2, 0) is 9.59 Å². The predicted octanol–water partition coefficient (Wildman–Crippen LogP) is 1.82. The zero-order valence-corrected chi connectivity index (χ0v) is 10.9. The normalized spacial score (nSPS) is 17.1. The van der Waals surface area contributed by atoms with Crippen molar-refractivity contribution in [2.75, 3.05) is 6.61 Å². The van der Waals surface area contributed by atoms with Crippen LogP contribution in [0, 0.1) is 5.82 Å².